The number of carbonyl (C=O) groups excluding carboxylic acids is 3. The van der Waals surface area contributed by atoms with E-state index in [1.54, 1.807) is 18.2 Å². The van der Waals surface area contributed by atoms with Crippen LogP contribution >= 0.6 is 0 Å². The van der Waals surface area contributed by atoms with E-state index in [1.807, 2.05) is 0 Å². The third kappa shape index (κ3) is 2.91. The van der Waals surface area contributed by atoms with E-state index in [9.17, 15) is 14.4 Å². The number of amides is 2. The predicted molar refractivity (Wildman–Crippen MR) is 50.4 cm³/mol. The molecule has 0 N–H and O–H groups in total. The van der Waals surface area contributed by atoms with Crippen LogP contribution in [0.25, 0.3) is 0 Å². The van der Waals surface area contributed by atoms with Crippen LogP contribution in [0.1, 0.15) is 17.3 Å². The van der Waals surface area contributed by atoms with Crippen LogP contribution in [-0.2, 0) is 14.4 Å². The summed E-state index contributed by atoms with van der Waals surface area (Å²) in [6.07, 6.45) is 0.142. The fourth-order valence-electron chi connectivity index (χ4n) is 0.876. The molecule has 0 bridgehead atoms. The second-order valence-corrected chi connectivity index (χ2v) is 2.69. The van der Waals surface area contributed by atoms with Gasteiger partial charge in [0.25, 0.3) is 12.3 Å². The highest BCUT2D eigenvalue weighted by atomic mass is 16.7. The van der Waals surface area contributed by atoms with Gasteiger partial charge in [0.1, 0.15) is 0 Å². The predicted octanol–water partition coefficient (Wildman–Crippen LogP) is 0.763. The van der Waals surface area contributed by atoms with E-state index in [-0.39, 0.29) is 12.0 Å². The SMILES string of the molecule is CC(=O)N(C=O)OC(=O)c1ccccc1. The molecule has 0 aliphatic heterocycles. The first-order valence-corrected chi connectivity index (χ1v) is 4.17. The van der Waals surface area contributed by atoms with Gasteiger partial charge in [-0.1, -0.05) is 18.2 Å². The van der Waals surface area contributed by atoms with E-state index in [1.165, 1.54) is 12.1 Å². The van der Waals surface area contributed by atoms with Crippen molar-refractivity contribution in [2.24, 2.45) is 0 Å². The Morgan fingerprint density at radius 3 is 2.33 bits per heavy atom. The van der Waals surface area contributed by atoms with Gasteiger partial charge in [-0.15, -0.1) is 5.06 Å². The fraction of sp³-hybridized carbons (Fsp3) is 0.100. The molecule has 0 unspecified atom stereocenters. The molecule has 1 rings (SSSR count). The monoisotopic (exact) mass is 207 g/mol. The number of hydrogen-bond acceptors (Lipinski definition) is 4. The quantitative estimate of drug-likeness (QED) is 0.530. The van der Waals surface area contributed by atoms with Crippen LogP contribution in [0.15, 0.2) is 30.3 Å². The van der Waals surface area contributed by atoms with E-state index >= 15 is 0 Å². The highest BCUT2D eigenvalue weighted by Crippen LogP contribution is 2.02. The number of imide groups is 1. The Labute approximate surface area is 86.2 Å². The van der Waals surface area contributed by atoms with Crippen LogP contribution in [-0.4, -0.2) is 23.3 Å². The van der Waals surface area contributed by atoms with E-state index in [0.29, 0.717) is 5.06 Å². The van der Waals surface area contributed by atoms with Gasteiger partial charge in [-0.2, -0.15) is 0 Å². The number of nitrogens with zero attached hydrogens (tertiary/aromatic N) is 1. The summed E-state index contributed by atoms with van der Waals surface area (Å²) in [5.41, 5.74) is 0.269. The standard InChI is InChI=1S/C10H9NO4/c1-8(13)11(7-12)15-10(14)9-5-3-2-4-6-9/h2-7H,1H3. The first kappa shape index (κ1) is 10.9. The van der Waals surface area contributed by atoms with Crippen molar-refractivity contribution in [3.8, 4) is 0 Å². The Kier molecular flexibility index (Phi) is 3.56. The maximum absolute atomic E-state index is 11.3. The Morgan fingerprint density at radius 2 is 1.87 bits per heavy atom. The largest absolute Gasteiger partial charge is 0.363 e. The molecule has 0 aliphatic carbocycles. The van der Waals surface area contributed by atoms with Crippen molar-refractivity contribution in [3.05, 3.63) is 35.9 Å². The second kappa shape index (κ2) is 4.90. The molecule has 5 nitrogen and oxygen atoms in total. The van der Waals surface area contributed by atoms with Gasteiger partial charge in [0.15, 0.2) is 0 Å². The lowest BCUT2D eigenvalue weighted by atomic mass is 10.2. The molecular weight excluding hydrogens is 198 g/mol. The van der Waals surface area contributed by atoms with Crippen molar-refractivity contribution in [2.45, 2.75) is 6.92 Å². The maximum Gasteiger partial charge on any atom is 0.363 e. The van der Waals surface area contributed by atoms with Crippen LogP contribution in [0.3, 0.4) is 0 Å². The molecule has 78 valence electrons. The molecule has 0 fully saturated rings. The molecule has 0 spiro atoms. The van der Waals surface area contributed by atoms with Gasteiger partial charge in [-0.3, -0.25) is 9.59 Å². The lowest BCUT2D eigenvalue weighted by Crippen LogP contribution is -2.30. The Bertz CT molecular complexity index is 374. The molecule has 1 aromatic carbocycles. The van der Waals surface area contributed by atoms with Crippen LogP contribution in [0.5, 0.6) is 0 Å². The molecule has 2 amide bonds. The zero-order valence-electron chi connectivity index (χ0n) is 8.04. The smallest absolute Gasteiger partial charge is 0.325 e. The molecular formula is C10H9NO4. The van der Waals surface area contributed by atoms with E-state index in [2.05, 4.69) is 4.84 Å². The Balaban J connectivity index is 2.71. The average Bonchev–Trinajstić information content (AvgIpc) is 2.26. The third-order valence-electron chi connectivity index (χ3n) is 1.60. The van der Waals surface area contributed by atoms with Crippen molar-refractivity contribution < 1.29 is 19.2 Å². The van der Waals surface area contributed by atoms with Gasteiger partial charge >= 0.3 is 5.97 Å². The Morgan fingerprint density at radius 1 is 1.27 bits per heavy atom. The zero-order chi connectivity index (χ0) is 11.3. The van der Waals surface area contributed by atoms with Crippen molar-refractivity contribution in [2.75, 3.05) is 0 Å². The summed E-state index contributed by atoms with van der Waals surface area (Å²) in [5.74, 6) is -1.41. The average molecular weight is 207 g/mol. The van der Waals surface area contributed by atoms with E-state index in [0.717, 1.165) is 6.92 Å². The van der Waals surface area contributed by atoms with E-state index < -0.39 is 11.9 Å². The maximum atomic E-state index is 11.3. The first-order chi connectivity index (χ1) is 7.15. The molecule has 0 aromatic heterocycles. The normalized spacial score (nSPS) is 9.13. The van der Waals surface area contributed by atoms with Crippen molar-refractivity contribution in [1.82, 2.24) is 5.06 Å². The van der Waals surface area contributed by atoms with Crippen molar-refractivity contribution in [1.29, 1.82) is 0 Å². The number of rotatable bonds is 2. The number of hydroxylamine groups is 2. The minimum atomic E-state index is -0.752. The molecule has 0 atom stereocenters. The molecule has 0 aliphatic rings. The van der Waals surface area contributed by atoms with Crippen molar-refractivity contribution >= 4 is 18.3 Å². The van der Waals surface area contributed by atoms with Crippen LogP contribution in [0.4, 0.5) is 0 Å². The highest BCUT2D eigenvalue weighted by Gasteiger charge is 2.15. The van der Waals surface area contributed by atoms with Gasteiger partial charge < -0.3 is 4.84 Å². The molecule has 5 heteroatoms. The number of hydrogen-bond donors (Lipinski definition) is 0. The molecule has 0 heterocycles. The fourth-order valence-corrected chi connectivity index (χ4v) is 0.876. The lowest BCUT2D eigenvalue weighted by Gasteiger charge is -2.11. The minimum Gasteiger partial charge on any atom is -0.325 e. The lowest BCUT2D eigenvalue weighted by molar-refractivity contribution is -0.169. The van der Waals surface area contributed by atoms with Crippen LogP contribution in [0, 0.1) is 0 Å². The summed E-state index contributed by atoms with van der Waals surface area (Å²) in [7, 11) is 0. The number of carbonyl (C=O) groups is 3. The minimum absolute atomic E-state index is 0.142. The summed E-state index contributed by atoms with van der Waals surface area (Å²) < 4.78 is 0. The molecule has 0 radical (unpaired) electrons. The Hall–Kier alpha value is -2.17. The van der Waals surface area contributed by atoms with Gasteiger partial charge in [-0.05, 0) is 12.1 Å². The number of benzene rings is 1. The summed E-state index contributed by atoms with van der Waals surface area (Å²) in [4.78, 5) is 37.0. The third-order valence-corrected chi connectivity index (χ3v) is 1.60. The highest BCUT2D eigenvalue weighted by molar-refractivity contribution is 5.92. The summed E-state index contributed by atoms with van der Waals surface area (Å²) in [6.45, 7) is 1.12. The zero-order valence-corrected chi connectivity index (χ0v) is 8.04. The summed E-state index contributed by atoms with van der Waals surface area (Å²) in [6, 6.07) is 8.07. The molecule has 0 saturated carbocycles. The van der Waals surface area contributed by atoms with Crippen LogP contribution in [0.2, 0.25) is 0 Å². The van der Waals surface area contributed by atoms with Gasteiger partial charge in [0.05, 0.1) is 5.56 Å². The van der Waals surface area contributed by atoms with Crippen molar-refractivity contribution in [3.63, 3.8) is 0 Å². The second-order valence-electron chi connectivity index (χ2n) is 2.69. The van der Waals surface area contributed by atoms with E-state index in [4.69, 9.17) is 0 Å². The van der Waals surface area contributed by atoms with Gasteiger partial charge in [0.2, 0.25) is 0 Å². The van der Waals surface area contributed by atoms with Gasteiger partial charge in [-0.25, -0.2) is 4.79 Å². The van der Waals surface area contributed by atoms with Gasteiger partial charge in [0, 0.05) is 6.92 Å². The van der Waals surface area contributed by atoms with Crippen LogP contribution < -0.4 is 0 Å². The molecule has 0 saturated heterocycles. The molecule has 1 aromatic rings. The summed E-state index contributed by atoms with van der Waals surface area (Å²) >= 11 is 0. The summed E-state index contributed by atoms with van der Waals surface area (Å²) in [5, 5.41) is 0.343. The molecule has 15 heavy (non-hydrogen) atoms. The first-order valence-electron chi connectivity index (χ1n) is 4.17. The topological polar surface area (TPSA) is 63.7 Å².